The summed E-state index contributed by atoms with van der Waals surface area (Å²) in [5.74, 6) is 1.78. The minimum absolute atomic E-state index is 0.813. The van der Waals surface area contributed by atoms with Crippen molar-refractivity contribution in [2.45, 2.75) is 20.3 Å². The molecule has 0 aromatic carbocycles. The van der Waals surface area contributed by atoms with Gasteiger partial charge in [0.05, 0.1) is 0 Å². The fourth-order valence-corrected chi connectivity index (χ4v) is 2.63. The molecule has 1 N–H and O–H groups in total. The molecule has 0 saturated carbocycles. The van der Waals surface area contributed by atoms with Crippen LogP contribution in [0.25, 0.3) is 0 Å². The van der Waals surface area contributed by atoms with Crippen molar-refractivity contribution < 1.29 is 0 Å². The molecule has 2 aliphatic heterocycles. The molecule has 0 aliphatic carbocycles. The molecule has 2 fully saturated rings. The molecule has 0 atom stereocenters. The third kappa shape index (κ3) is 3.72. The number of nitrogens with zero attached hydrogens (tertiary/aromatic N) is 2. The molecular weight excluding hydrogens is 198 g/mol. The van der Waals surface area contributed by atoms with Gasteiger partial charge in [-0.15, -0.1) is 0 Å². The molecule has 3 heteroatoms. The lowest BCUT2D eigenvalue weighted by Crippen LogP contribution is -2.49. The Hall–Kier alpha value is -0.120. The Morgan fingerprint density at radius 1 is 1.06 bits per heavy atom. The predicted octanol–water partition coefficient (Wildman–Crippen LogP) is 0.870. The van der Waals surface area contributed by atoms with Crippen molar-refractivity contribution >= 4 is 0 Å². The first-order chi connectivity index (χ1) is 7.74. The minimum Gasteiger partial charge on any atom is -0.316 e. The molecule has 0 amide bonds. The second-order valence-corrected chi connectivity index (χ2v) is 5.85. The van der Waals surface area contributed by atoms with Gasteiger partial charge in [0.15, 0.2) is 0 Å². The summed E-state index contributed by atoms with van der Waals surface area (Å²) in [6.45, 7) is 14.9. The number of piperazine rings is 1. The summed E-state index contributed by atoms with van der Waals surface area (Å²) < 4.78 is 0. The third-order valence-electron chi connectivity index (χ3n) is 3.81. The van der Waals surface area contributed by atoms with Crippen LogP contribution in [0.15, 0.2) is 0 Å². The molecule has 0 bridgehead atoms. The molecule has 2 aliphatic rings. The zero-order valence-corrected chi connectivity index (χ0v) is 10.9. The SMILES string of the molecule is CC(C)CN1CCN(CCC2CNC2)CC1. The van der Waals surface area contributed by atoms with Crippen LogP contribution in [0.5, 0.6) is 0 Å². The lowest BCUT2D eigenvalue weighted by Gasteiger charge is -2.37. The fraction of sp³-hybridized carbons (Fsp3) is 1.00. The van der Waals surface area contributed by atoms with Gasteiger partial charge in [-0.25, -0.2) is 0 Å². The van der Waals surface area contributed by atoms with Gasteiger partial charge in [0.25, 0.3) is 0 Å². The van der Waals surface area contributed by atoms with Crippen molar-refractivity contribution in [1.82, 2.24) is 15.1 Å². The maximum Gasteiger partial charge on any atom is 0.0110 e. The maximum atomic E-state index is 3.35. The summed E-state index contributed by atoms with van der Waals surface area (Å²) in [7, 11) is 0. The lowest BCUT2D eigenvalue weighted by atomic mass is 9.99. The van der Waals surface area contributed by atoms with E-state index in [1.807, 2.05) is 0 Å². The molecule has 0 unspecified atom stereocenters. The van der Waals surface area contributed by atoms with E-state index in [0.717, 1.165) is 11.8 Å². The average Bonchev–Trinajstić information content (AvgIpc) is 2.17. The Labute approximate surface area is 100 Å². The Morgan fingerprint density at radius 2 is 1.69 bits per heavy atom. The first kappa shape index (κ1) is 12.3. The number of hydrogen-bond donors (Lipinski definition) is 1. The van der Waals surface area contributed by atoms with E-state index in [4.69, 9.17) is 0 Å². The van der Waals surface area contributed by atoms with E-state index in [1.165, 1.54) is 58.8 Å². The molecule has 0 radical (unpaired) electrons. The van der Waals surface area contributed by atoms with Crippen LogP contribution >= 0.6 is 0 Å². The van der Waals surface area contributed by atoms with Gasteiger partial charge >= 0.3 is 0 Å². The zero-order valence-electron chi connectivity index (χ0n) is 10.9. The standard InChI is InChI=1S/C13H27N3/c1-12(2)11-16-7-5-15(6-8-16)4-3-13-9-14-10-13/h12-14H,3-11H2,1-2H3. The highest BCUT2D eigenvalue weighted by Crippen LogP contribution is 2.11. The summed E-state index contributed by atoms with van der Waals surface area (Å²) in [6, 6.07) is 0. The van der Waals surface area contributed by atoms with Gasteiger partial charge < -0.3 is 15.1 Å². The van der Waals surface area contributed by atoms with E-state index >= 15 is 0 Å². The molecule has 0 aromatic rings. The number of nitrogens with one attached hydrogen (secondary N) is 1. The fourth-order valence-electron chi connectivity index (χ4n) is 2.63. The number of rotatable bonds is 5. The van der Waals surface area contributed by atoms with Crippen molar-refractivity contribution in [2.24, 2.45) is 11.8 Å². The van der Waals surface area contributed by atoms with Crippen molar-refractivity contribution in [3.8, 4) is 0 Å². The summed E-state index contributed by atoms with van der Waals surface area (Å²) in [4.78, 5) is 5.27. The van der Waals surface area contributed by atoms with Crippen LogP contribution in [0.4, 0.5) is 0 Å². The quantitative estimate of drug-likeness (QED) is 0.749. The summed E-state index contributed by atoms with van der Waals surface area (Å²) in [5, 5.41) is 3.35. The van der Waals surface area contributed by atoms with E-state index in [0.29, 0.717) is 0 Å². The van der Waals surface area contributed by atoms with Crippen LogP contribution < -0.4 is 5.32 Å². The van der Waals surface area contributed by atoms with Crippen molar-refractivity contribution in [3.63, 3.8) is 0 Å². The molecule has 2 heterocycles. The summed E-state index contributed by atoms with van der Waals surface area (Å²) in [6.07, 6.45) is 1.40. The summed E-state index contributed by atoms with van der Waals surface area (Å²) >= 11 is 0. The predicted molar refractivity (Wildman–Crippen MR) is 68.7 cm³/mol. The Morgan fingerprint density at radius 3 is 2.19 bits per heavy atom. The minimum atomic E-state index is 0.813. The monoisotopic (exact) mass is 225 g/mol. The molecule has 2 saturated heterocycles. The normalized spacial score (nSPS) is 24.9. The van der Waals surface area contributed by atoms with E-state index in [9.17, 15) is 0 Å². The third-order valence-corrected chi connectivity index (χ3v) is 3.81. The van der Waals surface area contributed by atoms with E-state index in [-0.39, 0.29) is 0 Å². The van der Waals surface area contributed by atoms with Crippen molar-refractivity contribution in [3.05, 3.63) is 0 Å². The highest BCUT2D eigenvalue weighted by Gasteiger charge is 2.20. The second kappa shape index (κ2) is 5.99. The van der Waals surface area contributed by atoms with Crippen LogP contribution in [0.3, 0.4) is 0 Å². The lowest BCUT2D eigenvalue weighted by molar-refractivity contribution is 0.114. The van der Waals surface area contributed by atoms with Gasteiger partial charge in [-0.05, 0) is 37.9 Å². The largest absolute Gasteiger partial charge is 0.316 e. The smallest absolute Gasteiger partial charge is 0.0110 e. The van der Waals surface area contributed by atoms with Crippen LogP contribution in [0.1, 0.15) is 20.3 Å². The Balaban J connectivity index is 1.57. The first-order valence-electron chi connectivity index (χ1n) is 6.89. The molecule has 94 valence electrons. The van der Waals surface area contributed by atoms with Crippen molar-refractivity contribution in [2.75, 3.05) is 52.4 Å². The Bertz CT molecular complexity index is 193. The van der Waals surface area contributed by atoms with Gasteiger partial charge in [-0.1, -0.05) is 13.8 Å². The van der Waals surface area contributed by atoms with E-state index in [1.54, 1.807) is 0 Å². The van der Waals surface area contributed by atoms with Gasteiger partial charge in [0.2, 0.25) is 0 Å². The molecule has 0 spiro atoms. The van der Waals surface area contributed by atoms with Crippen LogP contribution in [0, 0.1) is 11.8 Å². The molecular formula is C13H27N3. The van der Waals surface area contributed by atoms with Gasteiger partial charge in [-0.3, -0.25) is 0 Å². The van der Waals surface area contributed by atoms with Gasteiger partial charge in [0, 0.05) is 32.7 Å². The van der Waals surface area contributed by atoms with Crippen LogP contribution in [-0.4, -0.2) is 62.2 Å². The first-order valence-corrected chi connectivity index (χ1v) is 6.89. The molecule has 0 aromatic heterocycles. The Kier molecular flexibility index (Phi) is 4.62. The molecule has 2 rings (SSSR count). The highest BCUT2D eigenvalue weighted by molar-refractivity contribution is 4.78. The molecule has 16 heavy (non-hydrogen) atoms. The van der Waals surface area contributed by atoms with Gasteiger partial charge in [-0.2, -0.15) is 0 Å². The molecule has 3 nitrogen and oxygen atoms in total. The van der Waals surface area contributed by atoms with E-state index < -0.39 is 0 Å². The second-order valence-electron chi connectivity index (χ2n) is 5.85. The van der Waals surface area contributed by atoms with E-state index in [2.05, 4.69) is 29.0 Å². The zero-order chi connectivity index (χ0) is 11.4. The number of hydrogen-bond acceptors (Lipinski definition) is 3. The highest BCUT2D eigenvalue weighted by atomic mass is 15.3. The van der Waals surface area contributed by atoms with Crippen LogP contribution in [0.2, 0.25) is 0 Å². The topological polar surface area (TPSA) is 18.5 Å². The van der Waals surface area contributed by atoms with Crippen LogP contribution in [-0.2, 0) is 0 Å². The maximum absolute atomic E-state index is 3.35. The van der Waals surface area contributed by atoms with Crippen molar-refractivity contribution in [1.29, 1.82) is 0 Å². The average molecular weight is 225 g/mol. The van der Waals surface area contributed by atoms with Gasteiger partial charge in [0.1, 0.15) is 0 Å². The summed E-state index contributed by atoms with van der Waals surface area (Å²) in [5.41, 5.74) is 0.